The number of rotatable bonds is 10. The number of nitrogens with zero attached hydrogens (tertiary/aromatic N) is 1. The van der Waals surface area contributed by atoms with Gasteiger partial charge in [0.1, 0.15) is 0 Å². The monoisotopic (exact) mass is 336 g/mol. The summed E-state index contributed by atoms with van der Waals surface area (Å²) in [6.45, 7) is 8.73. The van der Waals surface area contributed by atoms with Crippen LogP contribution >= 0.6 is 0 Å². The molecule has 0 aromatic carbocycles. The SMILES string of the molecule is CCCCCC(C)(C)CNC(=NC)NCCNC(=O)c1ccco1. The van der Waals surface area contributed by atoms with E-state index in [-0.39, 0.29) is 11.3 Å². The first-order valence-electron chi connectivity index (χ1n) is 8.74. The molecule has 1 aromatic rings. The largest absolute Gasteiger partial charge is 0.459 e. The average molecular weight is 336 g/mol. The lowest BCUT2D eigenvalue weighted by atomic mass is 9.87. The lowest BCUT2D eigenvalue weighted by molar-refractivity contribution is 0.0926. The highest BCUT2D eigenvalue weighted by Crippen LogP contribution is 2.22. The van der Waals surface area contributed by atoms with Crippen molar-refractivity contribution in [1.82, 2.24) is 16.0 Å². The fourth-order valence-corrected chi connectivity index (χ4v) is 2.34. The lowest BCUT2D eigenvalue weighted by Gasteiger charge is -2.26. The molecule has 0 saturated carbocycles. The average Bonchev–Trinajstić information content (AvgIpc) is 3.08. The second-order valence-electron chi connectivity index (χ2n) is 6.71. The number of amides is 1. The molecule has 1 heterocycles. The molecule has 0 radical (unpaired) electrons. The highest BCUT2D eigenvalue weighted by atomic mass is 16.3. The normalized spacial score (nSPS) is 12.1. The summed E-state index contributed by atoms with van der Waals surface area (Å²) < 4.78 is 5.04. The molecule has 3 N–H and O–H groups in total. The van der Waals surface area contributed by atoms with Crippen LogP contribution in [0.5, 0.6) is 0 Å². The molecule has 136 valence electrons. The van der Waals surface area contributed by atoms with E-state index >= 15 is 0 Å². The summed E-state index contributed by atoms with van der Waals surface area (Å²) in [5.74, 6) is 0.874. The molecule has 24 heavy (non-hydrogen) atoms. The minimum Gasteiger partial charge on any atom is -0.459 e. The second kappa shape index (κ2) is 10.7. The summed E-state index contributed by atoms with van der Waals surface area (Å²) >= 11 is 0. The van der Waals surface area contributed by atoms with Crippen molar-refractivity contribution in [2.45, 2.75) is 46.5 Å². The first kappa shape index (κ1) is 20.1. The molecule has 1 rings (SSSR count). The number of unbranched alkanes of at least 4 members (excludes halogenated alkanes) is 2. The van der Waals surface area contributed by atoms with Crippen LogP contribution in [0.25, 0.3) is 0 Å². The van der Waals surface area contributed by atoms with E-state index in [1.54, 1.807) is 19.2 Å². The molecule has 0 aliphatic heterocycles. The van der Waals surface area contributed by atoms with Gasteiger partial charge in [-0.25, -0.2) is 0 Å². The van der Waals surface area contributed by atoms with Crippen LogP contribution in [0.4, 0.5) is 0 Å². The molecule has 0 aliphatic carbocycles. The number of nitrogens with one attached hydrogen (secondary N) is 3. The van der Waals surface area contributed by atoms with Crippen LogP contribution in [0.3, 0.4) is 0 Å². The Morgan fingerprint density at radius 1 is 1.21 bits per heavy atom. The Bertz CT molecular complexity index is 495. The Balaban J connectivity index is 2.21. The van der Waals surface area contributed by atoms with E-state index in [4.69, 9.17) is 4.42 Å². The van der Waals surface area contributed by atoms with Crippen molar-refractivity contribution in [2.24, 2.45) is 10.4 Å². The standard InChI is InChI=1S/C18H32N4O2/c1-5-6-7-10-18(2,3)14-22-17(19-4)21-12-11-20-16(23)15-9-8-13-24-15/h8-9,13H,5-7,10-12,14H2,1-4H3,(H,20,23)(H2,19,21,22). The summed E-state index contributed by atoms with van der Waals surface area (Å²) in [6.07, 6.45) is 6.48. The number of furan rings is 1. The first-order valence-corrected chi connectivity index (χ1v) is 8.74. The van der Waals surface area contributed by atoms with Gasteiger partial charge in [0, 0.05) is 26.7 Å². The summed E-state index contributed by atoms with van der Waals surface area (Å²) in [6, 6.07) is 3.34. The van der Waals surface area contributed by atoms with E-state index in [9.17, 15) is 4.79 Å². The number of carbonyl (C=O) groups is 1. The maximum atomic E-state index is 11.7. The number of aliphatic imine (C=N–C) groups is 1. The molecule has 0 fully saturated rings. The maximum absolute atomic E-state index is 11.7. The van der Waals surface area contributed by atoms with Gasteiger partial charge in [0.05, 0.1) is 6.26 Å². The van der Waals surface area contributed by atoms with Crippen molar-refractivity contribution < 1.29 is 9.21 Å². The summed E-state index contributed by atoms with van der Waals surface area (Å²) in [7, 11) is 1.75. The minimum atomic E-state index is -0.207. The van der Waals surface area contributed by atoms with Crippen molar-refractivity contribution >= 4 is 11.9 Å². The van der Waals surface area contributed by atoms with E-state index in [0.29, 0.717) is 18.8 Å². The molecule has 0 spiro atoms. The molecular formula is C18H32N4O2. The third-order valence-electron chi connectivity index (χ3n) is 3.86. The van der Waals surface area contributed by atoms with Crippen LogP contribution in [-0.2, 0) is 0 Å². The molecule has 6 nitrogen and oxygen atoms in total. The van der Waals surface area contributed by atoms with Crippen LogP contribution in [0.2, 0.25) is 0 Å². The molecule has 0 aliphatic rings. The summed E-state index contributed by atoms with van der Waals surface area (Å²) in [4.78, 5) is 15.9. The third-order valence-corrected chi connectivity index (χ3v) is 3.86. The number of guanidine groups is 1. The Kier molecular flexibility index (Phi) is 8.97. The first-order chi connectivity index (χ1) is 11.5. The van der Waals surface area contributed by atoms with Crippen LogP contribution in [-0.4, -0.2) is 38.5 Å². The smallest absolute Gasteiger partial charge is 0.287 e. The Morgan fingerprint density at radius 3 is 2.58 bits per heavy atom. The quantitative estimate of drug-likeness (QED) is 0.349. The van der Waals surface area contributed by atoms with Gasteiger partial charge in [-0.2, -0.15) is 0 Å². The van der Waals surface area contributed by atoms with Gasteiger partial charge in [0.25, 0.3) is 5.91 Å². The number of hydrogen-bond acceptors (Lipinski definition) is 3. The van der Waals surface area contributed by atoms with Crippen LogP contribution in [0.1, 0.15) is 57.0 Å². The van der Waals surface area contributed by atoms with Gasteiger partial charge in [0.2, 0.25) is 0 Å². The van der Waals surface area contributed by atoms with E-state index in [1.165, 1.54) is 31.9 Å². The van der Waals surface area contributed by atoms with Gasteiger partial charge in [0.15, 0.2) is 11.7 Å². The van der Waals surface area contributed by atoms with E-state index < -0.39 is 0 Å². The Labute approximate surface area is 145 Å². The van der Waals surface area contributed by atoms with Gasteiger partial charge < -0.3 is 20.4 Å². The molecule has 1 aromatic heterocycles. The van der Waals surface area contributed by atoms with Gasteiger partial charge in [-0.05, 0) is 24.0 Å². The summed E-state index contributed by atoms with van der Waals surface area (Å²) in [5, 5.41) is 9.36. The van der Waals surface area contributed by atoms with Crippen LogP contribution in [0, 0.1) is 5.41 Å². The zero-order valence-electron chi connectivity index (χ0n) is 15.4. The predicted octanol–water partition coefficient (Wildman–Crippen LogP) is 2.78. The van der Waals surface area contributed by atoms with Crippen molar-refractivity contribution in [3.8, 4) is 0 Å². The Hall–Kier alpha value is -1.98. The van der Waals surface area contributed by atoms with Crippen molar-refractivity contribution in [1.29, 1.82) is 0 Å². The molecule has 0 unspecified atom stereocenters. The highest BCUT2D eigenvalue weighted by Gasteiger charge is 2.17. The van der Waals surface area contributed by atoms with E-state index in [0.717, 1.165) is 12.5 Å². The molecule has 0 atom stereocenters. The minimum absolute atomic E-state index is 0.207. The zero-order chi connectivity index (χ0) is 17.8. The topological polar surface area (TPSA) is 78.7 Å². The second-order valence-corrected chi connectivity index (χ2v) is 6.71. The van der Waals surface area contributed by atoms with Crippen LogP contribution in [0.15, 0.2) is 27.8 Å². The molecular weight excluding hydrogens is 304 g/mol. The lowest BCUT2D eigenvalue weighted by Crippen LogP contribution is -2.44. The summed E-state index contributed by atoms with van der Waals surface area (Å²) in [5.41, 5.74) is 0.236. The highest BCUT2D eigenvalue weighted by molar-refractivity contribution is 5.91. The third kappa shape index (κ3) is 8.04. The molecule has 6 heteroatoms. The predicted molar refractivity (Wildman–Crippen MR) is 98.3 cm³/mol. The van der Waals surface area contributed by atoms with Gasteiger partial charge >= 0.3 is 0 Å². The van der Waals surface area contributed by atoms with E-state index in [1.807, 2.05) is 0 Å². The van der Waals surface area contributed by atoms with Gasteiger partial charge in [-0.3, -0.25) is 9.79 Å². The van der Waals surface area contributed by atoms with Crippen molar-refractivity contribution in [2.75, 3.05) is 26.7 Å². The van der Waals surface area contributed by atoms with Crippen molar-refractivity contribution in [3.63, 3.8) is 0 Å². The van der Waals surface area contributed by atoms with E-state index in [2.05, 4.69) is 41.7 Å². The molecule has 0 bridgehead atoms. The maximum Gasteiger partial charge on any atom is 0.287 e. The fraction of sp³-hybridized carbons (Fsp3) is 0.667. The number of hydrogen-bond donors (Lipinski definition) is 3. The van der Waals surface area contributed by atoms with Gasteiger partial charge in [-0.1, -0.05) is 40.0 Å². The molecule has 0 saturated heterocycles. The number of carbonyl (C=O) groups excluding carboxylic acids is 1. The Morgan fingerprint density at radius 2 is 1.96 bits per heavy atom. The van der Waals surface area contributed by atoms with Crippen molar-refractivity contribution in [3.05, 3.63) is 24.2 Å². The fourth-order valence-electron chi connectivity index (χ4n) is 2.34. The zero-order valence-corrected chi connectivity index (χ0v) is 15.4. The van der Waals surface area contributed by atoms with Gasteiger partial charge in [-0.15, -0.1) is 0 Å². The van der Waals surface area contributed by atoms with Crippen LogP contribution < -0.4 is 16.0 Å². The molecule has 1 amide bonds.